The van der Waals surface area contributed by atoms with E-state index in [1.54, 1.807) is 25.1 Å². The Labute approximate surface area is 108 Å². The van der Waals surface area contributed by atoms with Crippen molar-refractivity contribution in [1.82, 2.24) is 4.31 Å². The molecule has 0 spiro atoms. The summed E-state index contributed by atoms with van der Waals surface area (Å²) in [5, 5.41) is 9.19. The summed E-state index contributed by atoms with van der Waals surface area (Å²) in [5.41, 5.74) is 0. The van der Waals surface area contributed by atoms with Crippen molar-refractivity contribution >= 4 is 10.0 Å². The lowest BCUT2D eigenvalue weighted by molar-refractivity contribution is 0.177. The van der Waals surface area contributed by atoms with Crippen molar-refractivity contribution in [3.8, 4) is 5.75 Å². The van der Waals surface area contributed by atoms with E-state index in [9.17, 15) is 13.5 Å². The van der Waals surface area contributed by atoms with E-state index in [2.05, 4.69) is 0 Å². The van der Waals surface area contributed by atoms with E-state index in [-0.39, 0.29) is 11.4 Å². The van der Waals surface area contributed by atoms with Crippen LogP contribution in [0.1, 0.15) is 13.3 Å². The second kappa shape index (κ2) is 6.17. The minimum atomic E-state index is -3.58. The molecule has 0 saturated heterocycles. The zero-order valence-electron chi connectivity index (χ0n) is 10.8. The zero-order valence-corrected chi connectivity index (χ0v) is 11.6. The van der Waals surface area contributed by atoms with Crippen molar-refractivity contribution in [2.45, 2.75) is 24.3 Å². The van der Waals surface area contributed by atoms with Crippen molar-refractivity contribution in [3.05, 3.63) is 24.3 Å². The monoisotopic (exact) mass is 273 g/mol. The molecule has 0 aromatic heterocycles. The summed E-state index contributed by atoms with van der Waals surface area (Å²) in [6.45, 7) is 1.89. The molecule has 6 heteroatoms. The second-order valence-corrected chi connectivity index (χ2v) is 6.13. The number of aliphatic hydroxyl groups excluding tert-OH is 1. The first-order valence-corrected chi connectivity index (χ1v) is 7.11. The lowest BCUT2D eigenvalue weighted by atomic mass is 10.3. The zero-order chi connectivity index (χ0) is 13.8. The molecule has 0 aliphatic rings. The molecule has 0 bridgehead atoms. The molecule has 0 aliphatic heterocycles. The third-order valence-corrected chi connectivity index (χ3v) is 4.52. The molecule has 5 nitrogen and oxygen atoms in total. The Kier molecular flexibility index (Phi) is 5.13. The van der Waals surface area contributed by atoms with Crippen molar-refractivity contribution in [2.75, 3.05) is 20.7 Å². The first-order chi connectivity index (χ1) is 8.39. The fraction of sp³-hybridized carbons (Fsp3) is 0.500. The lowest BCUT2D eigenvalue weighted by Crippen LogP contribution is -2.29. The molecule has 1 atom stereocenters. The molecule has 1 aromatic rings. The molecule has 0 heterocycles. The summed E-state index contributed by atoms with van der Waals surface area (Å²) in [7, 11) is -0.655. The standard InChI is InChI=1S/C12H19NO4S/c1-10(14)8-9-13(2)18(15,16)12-7-5-4-6-11(12)17-3/h4-7,10,14H,8-9H2,1-3H3. The van der Waals surface area contributed by atoms with Crippen molar-refractivity contribution < 1.29 is 18.3 Å². The number of ether oxygens (including phenoxy) is 1. The first kappa shape index (κ1) is 14.9. The van der Waals surface area contributed by atoms with Gasteiger partial charge < -0.3 is 9.84 Å². The van der Waals surface area contributed by atoms with Gasteiger partial charge in [0, 0.05) is 13.6 Å². The number of aliphatic hydroxyl groups is 1. The van der Waals surface area contributed by atoms with Gasteiger partial charge in [0.1, 0.15) is 10.6 Å². The van der Waals surface area contributed by atoms with Crippen molar-refractivity contribution in [2.24, 2.45) is 0 Å². The van der Waals surface area contributed by atoms with Crippen molar-refractivity contribution in [1.29, 1.82) is 0 Å². The van der Waals surface area contributed by atoms with E-state index in [0.29, 0.717) is 12.2 Å². The van der Waals surface area contributed by atoms with E-state index in [1.807, 2.05) is 0 Å². The average molecular weight is 273 g/mol. The first-order valence-electron chi connectivity index (χ1n) is 5.67. The molecular formula is C12H19NO4S. The van der Waals surface area contributed by atoms with Crippen molar-refractivity contribution in [3.63, 3.8) is 0 Å². The Bertz CT molecular complexity index is 485. The number of benzene rings is 1. The summed E-state index contributed by atoms with van der Waals surface area (Å²) in [4.78, 5) is 0.139. The Morgan fingerprint density at radius 2 is 2.00 bits per heavy atom. The Morgan fingerprint density at radius 3 is 2.56 bits per heavy atom. The summed E-state index contributed by atoms with van der Waals surface area (Å²) in [5.74, 6) is 0.321. The molecule has 1 unspecified atom stereocenters. The fourth-order valence-electron chi connectivity index (χ4n) is 1.49. The Morgan fingerprint density at radius 1 is 1.39 bits per heavy atom. The summed E-state index contributed by atoms with van der Waals surface area (Å²) < 4.78 is 30.8. The maximum Gasteiger partial charge on any atom is 0.246 e. The minimum Gasteiger partial charge on any atom is -0.495 e. The molecular weight excluding hydrogens is 254 g/mol. The molecule has 0 radical (unpaired) electrons. The second-order valence-electron chi connectivity index (χ2n) is 4.12. The quantitative estimate of drug-likeness (QED) is 0.842. The van der Waals surface area contributed by atoms with Crippen LogP contribution in [0, 0.1) is 0 Å². The molecule has 0 aliphatic carbocycles. The molecule has 1 aromatic carbocycles. The molecule has 102 valence electrons. The van der Waals surface area contributed by atoms with Gasteiger partial charge in [-0.3, -0.25) is 0 Å². The number of hydrogen-bond acceptors (Lipinski definition) is 4. The number of hydrogen-bond donors (Lipinski definition) is 1. The van der Waals surface area contributed by atoms with Crippen LogP contribution in [0.5, 0.6) is 5.75 Å². The third kappa shape index (κ3) is 3.44. The highest BCUT2D eigenvalue weighted by Gasteiger charge is 2.24. The fourth-order valence-corrected chi connectivity index (χ4v) is 2.83. The number of para-hydroxylation sites is 1. The van der Waals surface area contributed by atoms with Crippen LogP contribution in [0.15, 0.2) is 29.2 Å². The number of rotatable bonds is 6. The largest absolute Gasteiger partial charge is 0.495 e. The van der Waals surface area contributed by atoms with Crippen LogP contribution >= 0.6 is 0 Å². The van der Waals surface area contributed by atoms with Gasteiger partial charge in [-0.1, -0.05) is 12.1 Å². The van der Waals surface area contributed by atoms with Crippen LogP contribution < -0.4 is 4.74 Å². The molecule has 1 N–H and O–H groups in total. The predicted octanol–water partition coefficient (Wildman–Crippen LogP) is 1.09. The summed E-state index contributed by atoms with van der Waals surface area (Å²) in [6.07, 6.45) is -0.134. The van der Waals surface area contributed by atoms with Crippen LogP contribution in [0.4, 0.5) is 0 Å². The SMILES string of the molecule is COc1ccccc1S(=O)(=O)N(C)CCC(C)O. The van der Waals surface area contributed by atoms with Crippen LogP contribution in [0.3, 0.4) is 0 Å². The number of sulfonamides is 1. The highest BCUT2D eigenvalue weighted by Crippen LogP contribution is 2.25. The van der Waals surface area contributed by atoms with Gasteiger partial charge >= 0.3 is 0 Å². The highest BCUT2D eigenvalue weighted by molar-refractivity contribution is 7.89. The van der Waals surface area contributed by atoms with Gasteiger partial charge in [-0.2, -0.15) is 0 Å². The number of nitrogens with zero attached hydrogens (tertiary/aromatic N) is 1. The molecule has 1 rings (SSSR count). The van der Waals surface area contributed by atoms with Crippen LogP contribution in [-0.4, -0.2) is 44.6 Å². The van der Waals surface area contributed by atoms with Crippen LogP contribution in [0.25, 0.3) is 0 Å². The van der Waals surface area contributed by atoms with Crippen LogP contribution in [-0.2, 0) is 10.0 Å². The normalized spacial score (nSPS) is 13.6. The molecule has 0 saturated carbocycles. The van der Waals surface area contributed by atoms with E-state index in [0.717, 1.165) is 0 Å². The molecule has 0 amide bonds. The van der Waals surface area contributed by atoms with Gasteiger partial charge in [-0.25, -0.2) is 12.7 Å². The maximum absolute atomic E-state index is 12.3. The summed E-state index contributed by atoms with van der Waals surface area (Å²) in [6, 6.07) is 6.48. The van der Waals surface area contributed by atoms with Gasteiger partial charge in [-0.15, -0.1) is 0 Å². The third-order valence-electron chi connectivity index (χ3n) is 2.62. The van der Waals surface area contributed by atoms with Gasteiger partial charge in [0.2, 0.25) is 10.0 Å². The minimum absolute atomic E-state index is 0.139. The van der Waals surface area contributed by atoms with E-state index in [1.165, 1.54) is 24.5 Å². The smallest absolute Gasteiger partial charge is 0.246 e. The topological polar surface area (TPSA) is 66.8 Å². The molecule has 0 fully saturated rings. The van der Waals surface area contributed by atoms with Gasteiger partial charge in [0.05, 0.1) is 13.2 Å². The summed E-state index contributed by atoms with van der Waals surface area (Å²) >= 11 is 0. The lowest BCUT2D eigenvalue weighted by Gasteiger charge is -2.19. The van der Waals surface area contributed by atoms with Gasteiger partial charge in [-0.05, 0) is 25.5 Å². The Hall–Kier alpha value is -1.11. The number of methoxy groups -OCH3 is 1. The van der Waals surface area contributed by atoms with Crippen LogP contribution in [0.2, 0.25) is 0 Å². The predicted molar refractivity (Wildman–Crippen MR) is 69.1 cm³/mol. The van der Waals surface area contributed by atoms with E-state index in [4.69, 9.17) is 4.74 Å². The van der Waals surface area contributed by atoms with E-state index < -0.39 is 16.1 Å². The highest BCUT2D eigenvalue weighted by atomic mass is 32.2. The Balaban J connectivity index is 2.98. The van der Waals surface area contributed by atoms with E-state index >= 15 is 0 Å². The van der Waals surface area contributed by atoms with Gasteiger partial charge in [0.15, 0.2) is 0 Å². The average Bonchev–Trinajstić information content (AvgIpc) is 2.35. The molecule has 18 heavy (non-hydrogen) atoms. The van der Waals surface area contributed by atoms with Gasteiger partial charge in [0.25, 0.3) is 0 Å². The maximum atomic E-state index is 12.3.